The summed E-state index contributed by atoms with van der Waals surface area (Å²) >= 11 is 4.48. The van der Waals surface area contributed by atoms with E-state index in [0.717, 1.165) is 0 Å². The quantitative estimate of drug-likeness (QED) is 0.536. The Kier molecular flexibility index (Phi) is 2.28. The van der Waals surface area contributed by atoms with E-state index in [1.165, 1.54) is 12.8 Å². The molecule has 0 aliphatic carbocycles. The van der Waals surface area contributed by atoms with E-state index in [4.69, 9.17) is 0 Å². The molecule has 2 heteroatoms. The highest BCUT2D eigenvalue weighted by molar-refractivity contribution is 7.80. The zero-order valence-electron chi connectivity index (χ0n) is 7.94. The molecule has 0 aromatic heterocycles. The zero-order valence-corrected chi connectivity index (χ0v) is 8.83. The van der Waals surface area contributed by atoms with Gasteiger partial charge < -0.3 is 5.32 Å². The number of nitrogens with one attached hydrogen (secondary N) is 1. The van der Waals surface area contributed by atoms with Crippen LogP contribution in [-0.4, -0.2) is 10.9 Å². The molecule has 0 bridgehead atoms. The largest absolute Gasteiger partial charge is 0.300 e. The summed E-state index contributed by atoms with van der Waals surface area (Å²) in [6, 6.07) is 0. The van der Waals surface area contributed by atoms with Crippen LogP contribution in [0.2, 0.25) is 0 Å². The minimum absolute atomic E-state index is 0.258. The van der Waals surface area contributed by atoms with Crippen molar-refractivity contribution in [1.29, 1.82) is 0 Å². The Balaban J connectivity index is 2.66. The Morgan fingerprint density at radius 3 is 2.18 bits per heavy atom. The van der Waals surface area contributed by atoms with E-state index in [-0.39, 0.29) is 5.54 Å². The molecule has 1 saturated heterocycles. The van der Waals surface area contributed by atoms with Gasteiger partial charge in [0.2, 0.25) is 0 Å². The van der Waals surface area contributed by atoms with Crippen molar-refractivity contribution in [3.63, 3.8) is 0 Å². The summed E-state index contributed by atoms with van der Waals surface area (Å²) in [6.45, 7) is 9.13. The monoisotopic (exact) mass is 173 g/mol. The summed E-state index contributed by atoms with van der Waals surface area (Å²) < 4.78 is 0. The second-order valence-electron chi connectivity index (χ2n) is 5.09. The van der Waals surface area contributed by atoms with E-state index < -0.39 is 0 Å². The Morgan fingerprint density at radius 1 is 1.27 bits per heavy atom. The number of rotatable bonds is 0. The van der Waals surface area contributed by atoms with Gasteiger partial charge in [0.25, 0.3) is 0 Å². The Labute approximate surface area is 75.4 Å². The van der Waals surface area contributed by atoms with Crippen LogP contribution in [0.1, 0.15) is 40.5 Å². The summed E-state index contributed by atoms with van der Waals surface area (Å²) in [4.78, 5) is 0. The lowest BCUT2D eigenvalue weighted by Gasteiger charge is -2.44. The molecular weight excluding hydrogens is 154 g/mol. The lowest BCUT2D eigenvalue weighted by atomic mass is 9.74. The number of hydrogen-bond donors (Lipinski definition) is 2. The van der Waals surface area contributed by atoms with Crippen LogP contribution in [0, 0.1) is 5.41 Å². The first-order chi connectivity index (χ1) is 4.81. The van der Waals surface area contributed by atoms with Gasteiger partial charge in [-0.05, 0) is 32.1 Å². The predicted octanol–water partition coefficient (Wildman–Crippen LogP) is 2.43. The molecule has 0 radical (unpaired) electrons. The van der Waals surface area contributed by atoms with Crippen molar-refractivity contribution in [2.24, 2.45) is 5.41 Å². The molecule has 0 aromatic rings. The van der Waals surface area contributed by atoms with Crippen LogP contribution in [0.15, 0.2) is 0 Å². The van der Waals surface area contributed by atoms with Crippen LogP contribution in [0.4, 0.5) is 0 Å². The summed E-state index contributed by atoms with van der Waals surface area (Å²) in [6.07, 6.45) is 2.40. The first-order valence-corrected chi connectivity index (χ1v) is 4.78. The molecule has 0 saturated carbocycles. The molecular formula is C9H19NS. The van der Waals surface area contributed by atoms with Gasteiger partial charge in [-0.3, -0.25) is 0 Å². The molecule has 1 aliphatic rings. The van der Waals surface area contributed by atoms with Gasteiger partial charge in [-0.1, -0.05) is 13.8 Å². The van der Waals surface area contributed by atoms with Crippen molar-refractivity contribution in [3.8, 4) is 0 Å². The normalized spacial score (nSPS) is 35.2. The Hall–Kier alpha value is 0.310. The topological polar surface area (TPSA) is 12.0 Å². The first kappa shape index (κ1) is 9.40. The fourth-order valence-corrected chi connectivity index (χ4v) is 3.19. The zero-order chi connectivity index (χ0) is 8.70. The van der Waals surface area contributed by atoms with Gasteiger partial charge in [0, 0.05) is 5.54 Å². The fraction of sp³-hybridized carbons (Fsp3) is 1.00. The number of piperidine rings is 1. The first-order valence-electron chi connectivity index (χ1n) is 4.27. The molecule has 0 amide bonds. The van der Waals surface area contributed by atoms with Crippen LogP contribution < -0.4 is 5.32 Å². The lowest BCUT2D eigenvalue weighted by Crippen LogP contribution is -2.52. The lowest BCUT2D eigenvalue weighted by molar-refractivity contribution is 0.147. The molecule has 1 aliphatic heterocycles. The van der Waals surface area contributed by atoms with E-state index in [0.29, 0.717) is 10.8 Å². The summed E-state index contributed by atoms with van der Waals surface area (Å²) in [5, 5.41) is 3.84. The molecule has 66 valence electrons. The number of hydrogen-bond acceptors (Lipinski definition) is 2. The summed E-state index contributed by atoms with van der Waals surface area (Å²) in [5.41, 5.74) is 0.704. The highest BCUT2D eigenvalue weighted by Gasteiger charge is 2.36. The maximum Gasteiger partial charge on any atom is 0.0511 e. The smallest absolute Gasteiger partial charge is 0.0511 e. The molecule has 1 fully saturated rings. The van der Waals surface area contributed by atoms with E-state index in [1.807, 2.05) is 0 Å². The average molecular weight is 173 g/mol. The highest BCUT2D eigenvalue weighted by atomic mass is 32.1. The van der Waals surface area contributed by atoms with Gasteiger partial charge in [0.1, 0.15) is 0 Å². The van der Waals surface area contributed by atoms with Gasteiger partial charge in [0.05, 0.1) is 5.37 Å². The summed E-state index contributed by atoms with van der Waals surface area (Å²) in [7, 11) is 0. The minimum Gasteiger partial charge on any atom is -0.300 e. The molecule has 1 rings (SSSR count). The Bertz CT molecular complexity index is 136. The van der Waals surface area contributed by atoms with E-state index >= 15 is 0 Å². The molecule has 1 heterocycles. The van der Waals surface area contributed by atoms with Crippen molar-refractivity contribution < 1.29 is 0 Å². The molecule has 0 aromatic carbocycles. The molecule has 11 heavy (non-hydrogen) atoms. The second-order valence-corrected chi connectivity index (χ2v) is 5.71. The predicted molar refractivity (Wildman–Crippen MR) is 53.0 cm³/mol. The molecule has 1 atom stereocenters. The fourth-order valence-electron chi connectivity index (χ4n) is 2.35. The van der Waals surface area contributed by atoms with Crippen molar-refractivity contribution in [3.05, 3.63) is 0 Å². The second kappa shape index (κ2) is 2.67. The van der Waals surface area contributed by atoms with E-state index in [9.17, 15) is 0 Å². The third-order valence-electron chi connectivity index (χ3n) is 2.22. The average Bonchev–Trinajstić information content (AvgIpc) is 1.49. The van der Waals surface area contributed by atoms with Crippen molar-refractivity contribution in [1.82, 2.24) is 5.32 Å². The van der Waals surface area contributed by atoms with Crippen LogP contribution in [0.25, 0.3) is 0 Å². The maximum atomic E-state index is 4.48. The molecule has 1 nitrogen and oxygen atoms in total. The van der Waals surface area contributed by atoms with Gasteiger partial charge >= 0.3 is 0 Å². The highest BCUT2D eigenvalue weighted by Crippen LogP contribution is 2.37. The molecule has 0 spiro atoms. The van der Waals surface area contributed by atoms with E-state index in [1.54, 1.807) is 0 Å². The minimum atomic E-state index is 0.258. The molecule has 1 N–H and O–H groups in total. The summed E-state index contributed by atoms with van der Waals surface area (Å²) in [5.74, 6) is 0. The van der Waals surface area contributed by atoms with Gasteiger partial charge in [-0.2, -0.15) is 12.6 Å². The van der Waals surface area contributed by atoms with Crippen LogP contribution in [0.5, 0.6) is 0 Å². The standard InChI is InChI=1S/C9H19NS/c1-8(2)5-7(11)10-9(3,4)6-8/h7,10-11H,5-6H2,1-4H3. The SMILES string of the molecule is CC1(C)CC(S)NC(C)(C)C1. The van der Waals surface area contributed by atoms with Gasteiger partial charge in [0.15, 0.2) is 0 Å². The van der Waals surface area contributed by atoms with Crippen molar-refractivity contribution in [2.75, 3.05) is 0 Å². The van der Waals surface area contributed by atoms with E-state index in [2.05, 4.69) is 45.6 Å². The van der Waals surface area contributed by atoms with Crippen LogP contribution >= 0.6 is 12.6 Å². The number of thiol groups is 1. The third kappa shape index (κ3) is 2.68. The van der Waals surface area contributed by atoms with Crippen molar-refractivity contribution in [2.45, 2.75) is 51.4 Å². The van der Waals surface area contributed by atoms with Gasteiger partial charge in [-0.25, -0.2) is 0 Å². The van der Waals surface area contributed by atoms with Crippen LogP contribution in [-0.2, 0) is 0 Å². The maximum absolute atomic E-state index is 4.48. The third-order valence-corrected chi connectivity index (χ3v) is 2.54. The Morgan fingerprint density at radius 2 is 1.82 bits per heavy atom. The van der Waals surface area contributed by atoms with Crippen LogP contribution in [0.3, 0.4) is 0 Å². The van der Waals surface area contributed by atoms with Gasteiger partial charge in [-0.15, -0.1) is 0 Å². The molecule has 1 unspecified atom stereocenters. The van der Waals surface area contributed by atoms with Crippen molar-refractivity contribution >= 4 is 12.6 Å².